The number of carbonyl (C=O) groups is 2. The molecule has 9 heteroatoms. The van der Waals surface area contributed by atoms with E-state index in [1.54, 1.807) is 18.2 Å². The molecule has 1 saturated heterocycles. The number of esters is 1. The van der Waals surface area contributed by atoms with E-state index in [9.17, 15) is 18.0 Å². The maximum Gasteiger partial charge on any atom is 0.309 e. The highest BCUT2D eigenvalue weighted by Crippen LogP contribution is 2.36. The third-order valence-corrected chi connectivity index (χ3v) is 9.21. The van der Waals surface area contributed by atoms with E-state index in [0.29, 0.717) is 18.8 Å². The summed E-state index contributed by atoms with van der Waals surface area (Å²) in [4.78, 5) is 29.2. The van der Waals surface area contributed by atoms with Gasteiger partial charge in [-0.25, -0.2) is 8.42 Å². The first-order valence-corrected chi connectivity index (χ1v) is 13.9. The van der Waals surface area contributed by atoms with Crippen LogP contribution in [0.2, 0.25) is 0 Å². The minimum Gasteiger partial charge on any atom is -0.469 e. The number of amides is 1. The Kier molecular flexibility index (Phi) is 7.47. The van der Waals surface area contributed by atoms with Crippen LogP contribution in [-0.4, -0.2) is 56.2 Å². The van der Waals surface area contributed by atoms with Crippen LogP contribution < -0.4 is 5.32 Å². The van der Waals surface area contributed by atoms with Gasteiger partial charge in [-0.15, -0.1) is 0 Å². The second-order valence-corrected chi connectivity index (χ2v) is 11.9. The number of hydrogen-bond donors (Lipinski definition) is 1. The molecule has 3 aliphatic rings. The van der Waals surface area contributed by atoms with Crippen LogP contribution in [0.3, 0.4) is 0 Å². The van der Waals surface area contributed by atoms with Gasteiger partial charge in [-0.3, -0.25) is 14.6 Å². The fraction of sp³-hybridized carbons (Fsp3) is 0.577. The zero-order valence-corrected chi connectivity index (χ0v) is 21.6. The highest BCUT2D eigenvalue weighted by atomic mass is 32.2. The number of piperidine rings is 1. The monoisotopic (exact) mass is 501 g/mol. The van der Waals surface area contributed by atoms with E-state index in [1.165, 1.54) is 16.8 Å². The van der Waals surface area contributed by atoms with Gasteiger partial charge < -0.3 is 10.1 Å². The standard InChI is InChI=1S/C26H35N3O5S/c1-18-4-7-22(8-5-18)24-27-25(31)26(28-24)11-13-29(14-12-26)35(32,33)15-10-21-9-6-20(16-19(21)2)17-23(30)34-3/h6,9-10,15-16,18,22H,4-5,7-8,11-14,17H2,1-3H3,(H,27,28,31). The van der Waals surface area contributed by atoms with Crippen molar-refractivity contribution >= 4 is 33.8 Å². The van der Waals surface area contributed by atoms with Crippen LogP contribution in [0.4, 0.5) is 0 Å². The van der Waals surface area contributed by atoms with Gasteiger partial charge in [0.05, 0.1) is 13.5 Å². The Morgan fingerprint density at radius 2 is 1.91 bits per heavy atom. The number of benzene rings is 1. The Morgan fingerprint density at radius 3 is 2.54 bits per heavy atom. The quantitative estimate of drug-likeness (QED) is 0.603. The number of nitrogens with one attached hydrogen (secondary N) is 1. The van der Waals surface area contributed by atoms with E-state index >= 15 is 0 Å². The van der Waals surface area contributed by atoms with Gasteiger partial charge in [-0.1, -0.05) is 38.0 Å². The molecule has 2 fully saturated rings. The van der Waals surface area contributed by atoms with Crippen molar-refractivity contribution in [2.75, 3.05) is 20.2 Å². The first-order chi connectivity index (χ1) is 16.6. The molecule has 1 aromatic rings. The summed E-state index contributed by atoms with van der Waals surface area (Å²) < 4.78 is 32.1. The van der Waals surface area contributed by atoms with Crippen molar-refractivity contribution in [3.8, 4) is 0 Å². The molecule has 1 aliphatic carbocycles. The SMILES string of the molecule is COC(=O)Cc1ccc(C=CS(=O)(=O)N2CCC3(CC2)N=C(C2CCC(C)CC2)NC3=O)c(C)c1. The van der Waals surface area contributed by atoms with Gasteiger partial charge in [0.1, 0.15) is 11.4 Å². The minimum atomic E-state index is -3.64. The Bertz CT molecular complexity index is 1140. The molecule has 0 unspecified atom stereocenters. The van der Waals surface area contributed by atoms with E-state index in [-0.39, 0.29) is 31.4 Å². The second-order valence-electron chi connectivity index (χ2n) is 10.1. The maximum absolute atomic E-state index is 13.0. The van der Waals surface area contributed by atoms with E-state index in [4.69, 9.17) is 9.73 Å². The molecule has 2 aliphatic heterocycles. The van der Waals surface area contributed by atoms with Crippen molar-refractivity contribution in [3.05, 3.63) is 40.3 Å². The molecule has 2 heterocycles. The van der Waals surface area contributed by atoms with Gasteiger partial charge in [0.2, 0.25) is 10.0 Å². The number of ether oxygens (including phenoxy) is 1. The summed E-state index contributed by atoms with van der Waals surface area (Å²) in [5.41, 5.74) is 1.62. The molecule has 1 N–H and O–H groups in total. The highest BCUT2D eigenvalue weighted by molar-refractivity contribution is 7.92. The summed E-state index contributed by atoms with van der Waals surface area (Å²) >= 11 is 0. The van der Waals surface area contributed by atoms with Crippen molar-refractivity contribution in [1.29, 1.82) is 0 Å². The average Bonchev–Trinajstić information content (AvgIpc) is 3.14. The van der Waals surface area contributed by atoms with Crippen LogP contribution in [0, 0.1) is 18.8 Å². The molecule has 1 amide bonds. The number of aryl methyl sites for hydroxylation is 1. The summed E-state index contributed by atoms with van der Waals surface area (Å²) in [5, 5.41) is 4.25. The van der Waals surface area contributed by atoms with Crippen molar-refractivity contribution in [1.82, 2.24) is 9.62 Å². The lowest BCUT2D eigenvalue weighted by Gasteiger charge is -2.34. The lowest BCUT2D eigenvalue weighted by molar-refractivity contribution is -0.139. The molecule has 0 atom stereocenters. The van der Waals surface area contributed by atoms with Crippen molar-refractivity contribution in [3.63, 3.8) is 0 Å². The zero-order chi connectivity index (χ0) is 25.2. The summed E-state index contributed by atoms with van der Waals surface area (Å²) in [6.07, 6.45) is 6.93. The molecule has 4 rings (SSSR count). The lowest BCUT2D eigenvalue weighted by Crippen LogP contribution is -2.50. The Balaban J connectivity index is 1.39. The van der Waals surface area contributed by atoms with Crippen LogP contribution >= 0.6 is 0 Å². The first kappa shape index (κ1) is 25.6. The normalized spacial score (nSPS) is 25.0. The fourth-order valence-electron chi connectivity index (χ4n) is 5.24. The number of methoxy groups -OCH3 is 1. The van der Waals surface area contributed by atoms with Crippen LogP contribution in [0.5, 0.6) is 0 Å². The van der Waals surface area contributed by atoms with Gasteiger partial charge in [0, 0.05) is 24.4 Å². The molecule has 8 nitrogen and oxygen atoms in total. The van der Waals surface area contributed by atoms with Crippen LogP contribution in [0.15, 0.2) is 28.6 Å². The largest absolute Gasteiger partial charge is 0.469 e. The van der Waals surface area contributed by atoms with Crippen LogP contribution in [0.1, 0.15) is 62.1 Å². The van der Waals surface area contributed by atoms with Crippen LogP contribution in [0.25, 0.3) is 6.08 Å². The fourth-order valence-corrected chi connectivity index (χ4v) is 6.42. The number of nitrogens with zero attached hydrogens (tertiary/aromatic N) is 2. The van der Waals surface area contributed by atoms with Gasteiger partial charge in [-0.05, 0) is 61.3 Å². The Morgan fingerprint density at radius 1 is 1.23 bits per heavy atom. The smallest absolute Gasteiger partial charge is 0.309 e. The summed E-state index contributed by atoms with van der Waals surface area (Å²) in [7, 11) is -2.29. The predicted octanol–water partition coefficient (Wildman–Crippen LogP) is 3.20. The highest BCUT2D eigenvalue weighted by Gasteiger charge is 2.48. The van der Waals surface area contributed by atoms with E-state index in [1.807, 2.05) is 13.0 Å². The number of rotatable bonds is 6. The summed E-state index contributed by atoms with van der Waals surface area (Å²) in [6, 6.07) is 5.45. The molecule has 0 aromatic heterocycles. The van der Waals surface area contributed by atoms with Gasteiger partial charge in [0.25, 0.3) is 5.91 Å². The van der Waals surface area contributed by atoms with Gasteiger partial charge >= 0.3 is 5.97 Å². The molecule has 1 aromatic carbocycles. The number of sulfonamides is 1. The van der Waals surface area contributed by atoms with Crippen LogP contribution in [-0.2, 0) is 30.8 Å². The number of carbonyl (C=O) groups excluding carboxylic acids is 2. The van der Waals surface area contributed by atoms with E-state index in [2.05, 4.69) is 12.2 Å². The Hall–Kier alpha value is -2.52. The zero-order valence-electron chi connectivity index (χ0n) is 20.7. The topological polar surface area (TPSA) is 105 Å². The molecule has 0 bridgehead atoms. The molecular formula is C26H35N3O5S. The molecule has 1 spiro atoms. The molecule has 35 heavy (non-hydrogen) atoms. The first-order valence-electron chi connectivity index (χ1n) is 12.4. The van der Waals surface area contributed by atoms with Crippen molar-refractivity contribution in [2.45, 2.75) is 64.3 Å². The number of hydrogen-bond acceptors (Lipinski definition) is 6. The number of aliphatic imine (C=N–C) groups is 1. The minimum absolute atomic E-state index is 0.0821. The predicted molar refractivity (Wildman–Crippen MR) is 135 cm³/mol. The third-order valence-electron chi connectivity index (χ3n) is 7.64. The molecule has 190 valence electrons. The average molecular weight is 502 g/mol. The Labute approximate surface area is 207 Å². The van der Waals surface area contributed by atoms with Gasteiger partial charge in [0.15, 0.2) is 0 Å². The second kappa shape index (κ2) is 10.2. The summed E-state index contributed by atoms with van der Waals surface area (Å²) in [5.74, 6) is 1.44. The van der Waals surface area contributed by atoms with E-state index in [0.717, 1.165) is 54.1 Å². The lowest BCUT2D eigenvalue weighted by atomic mass is 9.82. The van der Waals surface area contributed by atoms with Crippen molar-refractivity contribution < 1.29 is 22.7 Å². The van der Waals surface area contributed by atoms with Gasteiger partial charge in [-0.2, -0.15) is 4.31 Å². The number of amidine groups is 1. The van der Waals surface area contributed by atoms with Crippen molar-refractivity contribution in [2.24, 2.45) is 16.8 Å². The molecular weight excluding hydrogens is 466 g/mol. The maximum atomic E-state index is 13.0. The summed E-state index contributed by atoms with van der Waals surface area (Å²) in [6.45, 7) is 4.66. The van der Waals surface area contributed by atoms with E-state index < -0.39 is 15.6 Å². The molecule has 0 radical (unpaired) electrons. The third kappa shape index (κ3) is 5.67. The molecule has 1 saturated carbocycles.